The number of fused-ring (bicyclic) bond motifs is 18. The van der Waals surface area contributed by atoms with Gasteiger partial charge in [-0.2, -0.15) is 0 Å². The third-order valence-electron chi connectivity index (χ3n) is 26.2. The zero-order valence-electron chi connectivity index (χ0n) is 69.4. The van der Waals surface area contributed by atoms with E-state index in [1.807, 2.05) is 36.8 Å². The lowest BCUT2D eigenvalue weighted by Crippen LogP contribution is -2.16. The van der Waals surface area contributed by atoms with Gasteiger partial charge in [0.1, 0.15) is 0 Å². The Bertz CT molecular complexity index is 7100. The Hall–Kier alpha value is -15.2. The molecule has 0 radical (unpaired) electrons. The molecule has 0 N–H and O–H groups in total. The van der Waals surface area contributed by atoms with E-state index in [4.69, 9.17) is 15.0 Å². The summed E-state index contributed by atoms with van der Waals surface area (Å²) in [5.74, 6) is 0. The van der Waals surface area contributed by atoms with Gasteiger partial charge in [0.15, 0.2) is 0 Å². The Labute approximate surface area is 717 Å². The Morgan fingerprint density at radius 2 is 0.504 bits per heavy atom. The molecule has 0 spiro atoms. The van der Waals surface area contributed by atoms with Crippen molar-refractivity contribution in [2.75, 3.05) is 0 Å². The second kappa shape index (κ2) is 29.7. The van der Waals surface area contributed by atoms with E-state index in [1.165, 1.54) is 182 Å². The van der Waals surface area contributed by atoms with Gasteiger partial charge in [0.2, 0.25) is 0 Å². The summed E-state index contributed by atoms with van der Waals surface area (Å²) in [6.07, 6.45) is 5.59. The van der Waals surface area contributed by atoms with Crippen LogP contribution in [-0.4, -0.2) is 24.9 Å². The summed E-state index contributed by atoms with van der Waals surface area (Å²) < 4.78 is 0. The third kappa shape index (κ3) is 12.6. The maximum absolute atomic E-state index is 5.35. The van der Waals surface area contributed by atoms with Crippen molar-refractivity contribution >= 4 is 65.0 Å². The third-order valence-corrected chi connectivity index (χ3v) is 26.2. The van der Waals surface area contributed by atoms with Gasteiger partial charge in [-0.1, -0.05) is 357 Å². The zero-order valence-corrected chi connectivity index (χ0v) is 69.4. The summed E-state index contributed by atoms with van der Waals surface area (Å²) >= 11 is 0. The van der Waals surface area contributed by atoms with Crippen LogP contribution in [0.4, 0.5) is 0 Å². The van der Waals surface area contributed by atoms with Crippen molar-refractivity contribution in [2.24, 2.45) is 0 Å². The van der Waals surface area contributed by atoms with E-state index in [0.717, 1.165) is 50.5 Å². The van der Waals surface area contributed by atoms with Crippen LogP contribution in [0.5, 0.6) is 0 Å². The number of hydrogen-bond acceptors (Lipinski definition) is 5. The summed E-state index contributed by atoms with van der Waals surface area (Å²) in [4.78, 5) is 25.0. The minimum atomic E-state index is -0.186. The SMILES string of the molecule is CC1(C)c2ccccc2-c2nc3ccc4ccccc4c3c(-c3cccc(-c4cccc(-c5ccccc5)c4)c3)c21.CC1(C)c2ccccc2-c2nc3ccc4ccccc4c3c(-c3cccc(-c4cccc(-c5ccccn5)c4)c3)c21.CC1(C)c2ccccc2-c2nc3ccc4ccccc4c3c(-c3cccc(-c4cccc(-c5cccnc5)c4)c3)c21. The van der Waals surface area contributed by atoms with Crippen molar-refractivity contribution in [1.82, 2.24) is 24.9 Å². The van der Waals surface area contributed by atoms with E-state index in [2.05, 4.69) is 422 Å². The molecule has 5 heterocycles. The molecule has 0 bridgehead atoms. The molecule has 582 valence electrons. The highest BCUT2D eigenvalue weighted by molar-refractivity contribution is 6.19. The average Bonchev–Trinajstić information content (AvgIpc) is 1.57. The number of rotatable bonds is 9. The van der Waals surface area contributed by atoms with Crippen LogP contribution in [0.15, 0.2) is 407 Å². The Morgan fingerprint density at radius 3 is 0.870 bits per heavy atom. The van der Waals surface area contributed by atoms with Crippen LogP contribution >= 0.6 is 0 Å². The molecule has 0 aliphatic heterocycles. The molecule has 21 aromatic rings. The molecule has 16 aromatic carbocycles. The van der Waals surface area contributed by atoms with Crippen molar-refractivity contribution < 1.29 is 0 Å². The lowest BCUT2D eigenvalue weighted by molar-refractivity contribution is 0.661. The number of nitrogens with zero attached hydrogens (tertiary/aromatic N) is 5. The van der Waals surface area contributed by atoms with Gasteiger partial charge in [-0.25, -0.2) is 15.0 Å². The molecule has 5 heteroatoms. The molecule has 0 atom stereocenters. The van der Waals surface area contributed by atoms with Gasteiger partial charge in [0.05, 0.1) is 39.3 Å². The molecule has 0 amide bonds. The molecule has 3 aliphatic carbocycles. The Kier molecular flexibility index (Phi) is 17.9. The highest BCUT2D eigenvalue weighted by Gasteiger charge is 2.43. The maximum atomic E-state index is 5.35. The first kappa shape index (κ1) is 74.1. The first-order valence-electron chi connectivity index (χ1n) is 42.7. The molecule has 24 rings (SSSR count). The van der Waals surface area contributed by atoms with E-state index in [9.17, 15) is 0 Å². The predicted octanol–water partition coefficient (Wildman–Crippen LogP) is 30.9. The second-order valence-electron chi connectivity index (χ2n) is 34.5. The summed E-state index contributed by atoms with van der Waals surface area (Å²) in [5, 5.41) is 11.1. The fourth-order valence-electron chi connectivity index (χ4n) is 20.4. The van der Waals surface area contributed by atoms with Crippen molar-refractivity contribution in [3.05, 3.63) is 440 Å². The van der Waals surface area contributed by atoms with Crippen LogP contribution < -0.4 is 0 Å². The molecule has 123 heavy (non-hydrogen) atoms. The number of pyridine rings is 5. The fourth-order valence-corrected chi connectivity index (χ4v) is 20.4. The van der Waals surface area contributed by atoms with Crippen molar-refractivity contribution in [3.63, 3.8) is 0 Å². The fraction of sp³-hybridized carbons (Fsp3) is 0.0763. The normalized spacial score (nSPS) is 13.3. The van der Waals surface area contributed by atoms with Crippen LogP contribution in [-0.2, 0) is 16.2 Å². The molecular weight excluding hydrogens is 1490 g/mol. The number of hydrogen-bond donors (Lipinski definition) is 0. The summed E-state index contributed by atoms with van der Waals surface area (Å²) in [5.41, 5.74) is 39.1. The molecule has 5 nitrogen and oxygen atoms in total. The molecule has 0 unspecified atom stereocenters. The molecule has 3 aliphatic rings. The van der Waals surface area contributed by atoms with Gasteiger partial charge < -0.3 is 0 Å². The smallest absolute Gasteiger partial charge is 0.0759 e. The van der Waals surface area contributed by atoms with E-state index in [0.29, 0.717) is 0 Å². The minimum Gasteiger partial charge on any atom is -0.264 e. The van der Waals surface area contributed by atoms with E-state index >= 15 is 0 Å². The predicted molar refractivity (Wildman–Crippen MR) is 515 cm³/mol. The molecule has 0 saturated heterocycles. The van der Waals surface area contributed by atoms with Crippen molar-refractivity contribution in [1.29, 1.82) is 0 Å². The molecule has 0 saturated carbocycles. The second-order valence-corrected chi connectivity index (χ2v) is 34.5. The van der Waals surface area contributed by atoms with Crippen LogP contribution in [0.3, 0.4) is 0 Å². The topological polar surface area (TPSA) is 64.5 Å². The number of benzene rings is 16. The Balaban J connectivity index is 0.000000110. The van der Waals surface area contributed by atoms with E-state index in [1.54, 1.807) is 0 Å². The first-order valence-corrected chi connectivity index (χ1v) is 42.7. The van der Waals surface area contributed by atoms with Crippen LogP contribution in [0.1, 0.15) is 74.9 Å². The van der Waals surface area contributed by atoms with Gasteiger partial charge >= 0.3 is 0 Å². The largest absolute Gasteiger partial charge is 0.264 e. The van der Waals surface area contributed by atoms with E-state index in [-0.39, 0.29) is 16.2 Å². The van der Waals surface area contributed by atoms with Crippen molar-refractivity contribution in [3.8, 4) is 134 Å². The first-order chi connectivity index (χ1) is 60.3. The highest BCUT2D eigenvalue weighted by Crippen LogP contribution is 2.58. The lowest BCUT2D eigenvalue weighted by Gasteiger charge is -2.26. The van der Waals surface area contributed by atoms with Gasteiger partial charge in [0, 0.05) is 78.8 Å². The Morgan fingerprint density at radius 1 is 0.211 bits per heavy atom. The summed E-state index contributed by atoms with van der Waals surface area (Å²) in [6, 6.07) is 140. The summed E-state index contributed by atoms with van der Waals surface area (Å²) in [6.45, 7) is 14.1. The van der Waals surface area contributed by atoms with Gasteiger partial charge in [-0.15, -0.1) is 0 Å². The lowest BCUT2D eigenvalue weighted by atomic mass is 9.77. The quantitative estimate of drug-likeness (QED) is 0.135. The van der Waals surface area contributed by atoms with E-state index < -0.39 is 0 Å². The zero-order chi connectivity index (χ0) is 82.7. The van der Waals surface area contributed by atoms with Gasteiger partial charge in [-0.05, 0) is 222 Å². The van der Waals surface area contributed by atoms with Gasteiger partial charge in [0.25, 0.3) is 0 Å². The molecular formula is C118H85N5. The van der Waals surface area contributed by atoms with Crippen LogP contribution in [0.25, 0.3) is 199 Å². The van der Waals surface area contributed by atoms with Crippen LogP contribution in [0.2, 0.25) is 0 Å². The monoisotopic (exact) mass is 1570 g/mol. The summed E-state index contributed by atoms with van der Waals surface area (Å²) in [7, 11) is 0. The van der Waals surface area contributed by atoms with Crippen LogP contribution in [0, 0.1) is 0 Å². The molecule has 5 aromatic heterocycles. The average molecular weight is 1570 g/mol. The number of aromatic nitrogens is 5. The maximum Gasteiger partial charge on any atom is 0.0759 e. The molecule has 0 fully saturated rings. The highest BCUT2D eigenvalue weighted by atomic mass is 14.8. The minimum absolute atomic E-state index is 0.178. The van der Waals surface area contributed by atoms with Gasteiger partial charge in [-0.3, -0.25) is 9.97 Å². The van der Waals surface area contributed by atoms with Crippen molar-refractivity contribution in [2.45, 2.75) is 57.8 Å². The standard InChI is InChI=1S/C40H29N.2C39H28N2/c1-40(2)34-21-9-8-20-33(34)39-38(40)36(37-32-19-7-6-14-27(32)22-23-35(37)41-39)31-18-11-17-30(25-31)29-16-10-15-28(24-29)26-12-4-3-5-13-26;1-39(2)33-18-6-5-17-32(33)38-37(39)35(36-31-16-4-3-10-25(31)19-20-34(36)41-38)29-14-8-12-27(23-29)26-11-7-13-28(22-26)30-15-9-21-40-24-30;1-39(2)32-18-6-5-17-31(32)38-37(39)35(36-30-16-4-3-11-25(30)20-21-34(36)41-38)29-15-10-13-27(24-29)26-12-9-14-28(23-26)33-19-7-8-22-40-33/h3-25H,1-2H3;2*3-24H,1-2H3.